The van der Waals surface area contributed by atoms with Gasteiger partial charge in [0.15, 0.2) is 0 Å². The zero-order chi connectivity index (χ0) is 5.98. The minimum absolute atomic E-state index is 0.269. The van der Waals surface area contributed by atoms with Crippen molar-refractivity contribution in [2.24, 2.45) is 0 Å². The van der Waals surface area contributed by atoms with Crippen LogP contribution in [-0.4, -0.2) is 0 Å². The van der Waals surface area contributed by atoms with Crippen molar-refractivity contribution in [1.82, 2.24) is 0 Å². The average Bonchev–Trinajstić information content (AvgIpc) is 2.12. The summed E-state index contributed by atoms with van der Waals surface area (Å²) in [5.41, 5.74) is 0. The fourth-order valence-electron chi connectivity index (χ4n) is 0.572. The van der Waals surface area contributed by atoms with Crippen LogP contribution >= 0.6 is 0 Å². The second-order valence-electron chi connectivity index (χ2n) is 1.92. The topological polar surface area (TPSA) is 13.1 Å². The Bertz CT molecular complexity index is 139. The highest BCUT2D eigenvalue weighted by Crippen LogP contribution is 2.12. The molecule has 8 heavy (non-hydrogen) atoms. The molecule has 1 radical (unpaired) electrons. The quantitative estimate of drug-likeness (QED) is 0.539. The number of hydrogen-bond donors (Lipinski definition) is 0. The largest absolute Gasteiger partial charge is 0.469 e. The summed E-state index contributed by atoms with van der Waals surface area (Å²) in [6.07, 6.45) is 1.66. The third kappa shape index (κ3) is 0.915. The Morgan fingerprint density at radius 3 is 2.75 bits per heavy atom. The standard InChI is InChI=1S/C7H9O/c1-6(2)7-4-3-5-8-7/h3-6H,1H2,2H3. The predicted molar refractivity (Wildman–Crippen MR) is 32.5 cm³/mol. The molecule has 43 valence electrons. The van der Waals surface area contributed by atoms with Gasteiger partial charge in [0.05, 0.1) is 6.26 Å². The zero-order valence-electron chi connectivity index (χ0n) is 4.92. The van der Waals surface area contributed by atoms with Gasteiger partial charge in [0, 0.05) is 5.92 Å². The second kappa shape index (κ2) is 2.03. The van der Waals surface area contributed by atoms with Crippen molar-refractivity contribution in [3.05, 3.63) is 31.1 Å². The second-order valence-corrected chi connectivity index (χ2v) is 1.92. The van der Waals surface area contributed by atoms with Crippen LogP contribution in [0.15, 0.2) is 22.8 Å². The number of hydrogen-bond acceptors (Lipinski definition) is 1. The minimum Gasteiger partial charge on any atom is -0.469 e. The Kier molecular flexibility index (Phi) is 1.38. The van der Waals surface area contributed by atoms with E-state index in [2.05, 4.69) is 6.92 Å². The molecule has 0 bridgehead atoms. The van der Waals surface area contributed by atoms with Crippen LogP contribution in [0.5, 0.6) is 0 Å². The fraction of sp³-hybridized carbons (Fsp3) is 0.286. The first kappa shape index (κ1) is 5.42. The normalized spacial score (nSPS) is 10.4. The first-order chi connectivity index (χ1) is 3.80. The molecule has 0 fully saturated rings. The zero-order valence-corrected chi connectivity index (χ0v) is 4.92. The Hall–Kier alpha value is -0.720. The van der Waals surface area contributed by atoms with Gasteiger partial charge in [-0.25, -0.2) is 0 Å². The van der Waals surface area contributed by atoms with Crippen molar-refractivity contribution >= 4 is 0 Å². The van der Waals surface area contributed by atoms with Crippen LogP contribution in [0.1, 0.15) is 18.6 Å². The summed E-state index contributed by atoms with van der Waals surface area (Å²) in [7, 11) is 0. The summed E-state index contributed by atoms with van der Waals surface area (Å²) >= 11 is 0. The monoisotopic (exact) mass is 109 g/mol. The van der Waals surface area contributed by atoms with Crippen LogP contribution in [0.25, 0.3) is 0 Å². The summed E-state index contributed by atoms with van der Waals surface area (Å²) < 4.78 is 5.03. The van der Waals surface area contributed by atoms with E-state index < -0.39 is 0 Å². The Morgan fingerprint density at radius 2 is 2.50 bits per heavy atom. The van der Waals surface area contributed by atoms with Gasteiger partial charge >= 0.3 is 0 Å². The summed E-state index contributed by atoms with van der Waals surface area (Å²) in [6.45, 7) is 5.79. The molecule has 0 saturated heterocycles. The molecule has 0 aromatic carbocycles. The van der Waals surface area contributed by atoms with Crippen molar-refractivity contribution in [3.63, 3.8) is 0 Å². The van der Waals surface area contributed by atoms with Gasteiger partial charge < -0.3 is 4.42 Å². The third-order valence-corrected chi connectivity index (χ3v) is 1.03. The number of furan rings is 1. The SMILES string of the molecule is [CH2]C(C)c1ccco1. The molecule has 0 spiro atoms. The highest BCUT2D eigenvalue weighted by Gasteiger charge is 1.98. The Balaban J connectivity index is 2.77. The van der Waals surface area contributed by atoms with Gasteiger partial charge in [0.2, 0.25) is 0 Å². The van der Waals surface area contributed by atoms with Crippen molar-refractivity contribution < 1.29 is 4.42 Å². The first-order valence-corrected chi connectivity index (χ1v) is 2.67. The van der Waals surface area contributed by atoms with Crippen LogP contribution < -0.4 is 0 Å². The van der Waals surface area contributed by atoms with Gasteiger partial charge in [-0.15, -0.1) is 0 Å². The molecule has 0 aliphatic heterocycles. The maximum absolute atomic E-state index is 5.03. The molecule has 1 aromatic rings. The van der Waals surface area contributed by atoms with Gasteiger partial charge in [-0.05, 0) is 19.1 Å². The van der Waals surface area contributed by atoms with Crippen LogP contribution in [-0.2, 0) is 0 Å². The van der Waals surface area contributed by atoms with Gasteiger partial charge in [-0.1, -0.05) is 6.92 Å². The van der Waals surface area contributed by atoms with Crippen LogP contribution in [0.3, 0.4) is 0 Å². The molecular formula is C7H9O. The van der Waals surface area contributed by atoms with Crippen molar-refractivity contribution in [2.45, 2.75) is 12.8 Å². The maximum atomic E-state index is 5.03. The molecule has 0 aliphatic rings. The molecule has 0 amide bonds. The van der Waals surface area contributed by atoms with E-state index in [1.807, 2.05) is 19.1 Å². The lowest BCUT2D eigenvalue weighted by Crippen LogP contribution is -1.79. The van der Waals surface area contributed by atoms with Crippen LogP contribution in [0.2, 0.25) is 0 Å². The van der Waals surface area contributed by atoms with E-state index >= 15 is 0 Å². The third-order valence-electron chi connectivity index (χ3n) is 1.03. The van der Waals surface area contributed by atoms with E-state index in [4.69, 9.17) is 4.42 Å². The Labute approximate surface area is 49.3 Å². The van der Waals surface area contributed by atoms with E-state index in [-0.39, 0.29) is 5.92 Å². The highest BCUT2D eigenvalue weighted by atomic mass is 16.3. The smallest absolute Gasteiger partial charge is 0.106 e. The molecule has 1 heterocycles. The lowest BCUT2D eigenvalue weighted by atomic mass is 10.2. The van der Waals surface area contributed by atoms with Crippen molar-refractivity contribution in [1.29, 1.82) is 0 Å². The molecule has 1 aromatic heterocycles. The van der Waals surface area contributed by atoms with Crippen molar-refractivity contribution in [2.75, 3.05) is 0 Å². The summed E-state index contributed by atoms with van der Waals surface area (Å²) in [5.74, 6) is 1.22. The molecule has 1 heteroatoms. The summed E-state index contributed by atoms with van der Waals surface area (Å²) in [6, 6.07) is 3.80. The van der Waals surface area contributed by atoms with E-state index in [0.717, 1.165) is 5.76 Å². The molecular weight excluding hydrogens is 100 g/mol. The molecule has 0 N–H and O–H groups in total. The summed E-state index contributed by atoms with van der Waals surface area (Å²) in [5, 5.41) is 0. The van der Waals surface area contributed by atoms with E-state index in [9.17, 15) is 0 Å². The van der Waals surface area contributed by atoms with Crippen LogP contribution in [0, 0.1) is 6.92 Å². The van der Waals surface area contributed by atoms with Gasteiger partial charge in [0.1, 0.15) is 5.76 Å². The van der Waals surface area contributed by atoms with Crippen LogP contribution in [0.4, 0.5) is 0 Å². The molecule has 1 rings (SSSR count). The predicted octanol–water partition coefficient (Wildman–Crippen LogP) is 2.22. The highest BCUT2D eigenvalue weighted by molar-refractivity contribution is 5.04. The lowest BCUT2D eigenvalue weighted by Gasteiger charge is -1.94. The first-order valence-electron chi connectivity index (χ1n) is 2.67. The fourth-order valence-corrected chi connectivity index (χ4v) is 0.572. The molecule has 0 saturated carbocycles. The van der Waals surface area contributed by atoms with Crippen molar-refractivity contribution in [3.8, 4) is 0 Å². The Morgan fingerprint density at radius 1 is 1.75 bits per heavy atom. The van der Waals surface area contributed by atoms with Gasteiger partial charge in [0.25, 0.3) is 0 Å². The molecule has 1 unspecified atom stereocenters. The van der Waals surface area contributed by atoms with Gasteiger partial charge in [-0.2, -0.15) is 0 Å². The van der Waals surface area contributed by atoms with E-state index in [1.165, 1.54) is 0 Å². The summed E-state index contributed by atoms with van der Waals surface area (Å²) in [4.78, 5) is 0. The molecule has 1 nitrogen and oxygen atoms in total. The average molecular weight is 109 g/mol. The van der Waals surface area contributed by atoms with E-state index in [1.54, 1.807) is 6.26 Å². The molecule has 1 atom stereocenters. The van der Waals surface area contributed by atoms with E-state index in [0.29, 0.717) is 0 Å². The minimum atomic E-state index is 0.269. The van der Waals surface area contributed by atoms with Gasteiger partial charge in [-0.3, -0.25) is 0 Å². The maximum Gasteiger partial charge on any atom is 0.106 e. The number of rotatable bonds is 1. The lowest BCUT2D eigenvalue weighted by molar-refractivity contribution is 0.499. The molecule has 0 aliphatic carbocycles.